The molecule has 0 bridgehead atoms. The molecule has 31 heavy (non-hydrogen) atoms. The average molecular weight is 415 g/mol. The monoisotopic (exact) mass is 415 g/mol. The van der Waals surface area contributed by atoms with Gasteiger partial charge in [-0.05, 0) is 35.2 Å². The maximum Gasteiger partial charge on any atom is 0.251 e. The van der Waals surface area contributed by atoms with Crippen LogP contribution in [0.5, 0.6) is 5.75 Å². The number of methoxy groups -OCH3 is 1. The molecule has 0 radical (unpaired) electrons. The number of carbonyl (C=O) groups is 2. The average Bonchev–Trinajstić information content (AvgIpc) is 2.82. The number of carbonyl (C=O) groups excluding carboxylic acids is 2. The second kappa shape index (κ2) is 9.45. The Morgan fingerprint density at radius 1 is 0.968 bits per heavy atom. The molecule has 1 aliphatic heterocycles. The number of nitrogens with one attached hydrogen (secondary N) is 3. The van der Waals surface area contributed by atoms with Crippen molar-refractivity contribution >= 4 is 17.5 Å². The zero-order valence-electron chi connectivity index (χ0n) is 17.3. The van der Waals surface area contributed by atoms with E-state index in [0.717, 1.165) is 5.56 Å². The van der Waals surface area contributed by atoms with Gasteiger partial charge in [0.15, 0.2) is 0 Å². The number of fused-ring (bicyclic) bond motifs is 1. The minimum absolute atomic E-state index is 0.204. The van der Waals surface area contributed by atoms with Crippen LogP contribution in [0.3, 0.4) is 0 Å². The Hall–Kier alpha value is -3.64. The van der Waals surface area contributed by atoms with Gasteiger partial charge in [-0.15, -0.1) is 0 Å². The molecule has 158 valence electrons. The molecular weight excluding hydrogens is 390 g/mol. The van der Waals surface area contributed by atoms with Crippen LogP contribution in [0, 0.1) is 0 Å². The van der Waals surface area contributed by atoms with E-state index in [2.05, 4.69) is 22.0 Å². The van der Waals surface area contributed by atoms with Crippen molar-refractivity contribution in [2.45, 2.75) is 25.0 Å². The van der Waals surface area contributed by atoms with Crippen molar-refractivity contribution in [3.63, 3.8) is 0 Å². The molecule has 0 aliphatic carbocycles. The predicted molar refractivity (Wildman–Crippen MR) is 120 cm³/mol. The van der Waals surface area contributed by atoms with Gasteiger partial charge in [0.05, 0.1) is 13.2 Å². The maximum absolute atomic E-state index is 13.1. The van der Waals surface area contributed by atoms with Crippen LogP contribution in [0.1, 0.15) is 22.7 Å². The van der Waals surface area contributed by atoms with Crippen molar-refractivity contribution in [3.8, 4) is 5.75 Å². The van der Waals surface area contributed by atoms with Crippen molar-refractivity contribution in [1.82, 2.24) is 10.6 Å². The van der Waals surface area contributed by atoms with Crippen LogP contribution in [-0.4, -0.2) is 25.0 Å². The van der Waals surface area contributed by atoms with E-state index in [1.54, 1.807) is 31.4 Å². The molecule has 0 saturated heterocycles. The van der Waals surface area contributed by atoms with Gasteiger partial charge in [-0.2, -0.15) is 0 Å². The number of hydrogen-bond donors (Lipinski definition) is 3. The highest BCUT2D eigenvalue weighted by atomic mass is 16.5. The van der Waals surface area contributed by atoms with Crippen molar-refractivity contribution in [2.24, 2.45) is 0 Å². The minimum Gasteiger partial charge on any atom is -0.497 e. The molecule has 6 heteroatoms. The highest BCUT2D eigenvalue weighted by molar-refractivity contribution is 5.98. The zero-order valence-corrected chi connectivity index (χ0v) is 17.3. The van der Waals surface area contributed by atoms with Crippen molar-refractivity contribution in [2.75, 3.05) is 12.4 Å². The standard InChI is InChI=1S/C25H25N3O3/c1-31-21-13-7-12-20(15-21)27-25(30)23(17-8-3-2-4-9-17)28-24(29)22-14-18-10-5-6-11-19(18)16-26-22/h2-13,15,22-23,26H,14,16H2,1H3,(H,27,30)(H,28,29)/t22-,23+/m0/s1. The van der Waals surface area contributed by atoms with Crippen LogP contribution >= 0.6 is 0 Å². The van der Waals surface area contributed by atoms with Gasteiger partial charge in [-0.1, -0.05) is 60.7 Å². The normalized spacial score (nSPS) is 16.0. The molecule has 6 nitrogen and oxygen atoms in total. The highest BCUT2D eigenvalue weighted by Gasteiger charge is 2.29. The number of rotatable bonds is 6. The molecule has 0 spiro atoms. The molecule has 3 aromatic rings. The van der Waals surface area contributed by atoms with E-state index >= 15 is 0 Å². The lowest BCUT2D eigenvalue weighted by atomic mass is 9.95. The first kappa shape index (κ1) is 20.6. The van der Waals surface area contributed by atoms with Crippen LogP contribution < -0.4 is 20.7 Å². The summed E-state index contributed by atoms with van der Waals surface area (Å²) in [6, 6.07) is 23.2. The Bertz CT molecular complexity index is 1070. The number of ether oxygens (including phenoxy) is 1. The van der Waals surface area contributed by atoms with Gasteiger partial charge in [0.2, 0.25) is 5.91 Å². The summed E-state index contributed by atoms with van der Waals surface area (Å²) in [7, 11) is 1.57. The molecule has 4 rings (SSSR count). The van der Waals surface area contributed by atoms with Crippen molar-refractivity contribution in [1.29, 1.82) is 0 Å². The Labute approximate surface area is 181 Å². The predicted octanol–water partition coefficient (Wildman–Crippen LogP) is 3.21. The Kier molecular flexibility index (Phi) is 6.29. The Balaban J connectivity index is 1.51. The molecule has 0 aromatic heterocycles. The first-order valence-corrected chi connectivity index (χ1v) is 10.2. The zero-order chi connectivity index (χ0) is 21.6. The summed E-state index contributed by atoms with van der Waals surface area (Å²) in [4.78, 5) is 26.2. The quantitative estimate of drug-likeness (QED) is 0.578. The summed E-state index contributed by atoms with van der Waals surface area (Å²) in [6.45, 7) is 0.625. The Morgan fingerprint density at radius 2 is 1.71 bits per heavy atom. The third kappa shape index (κ3) is 4.92. The first-order chi connectivity index (χ1) is 15.1. The fourth-order valence-corrected chi connectivity index (χ4v) is 3.74. The van der Waals surface area contributed by atoms with E-state index in [9.17, 15) is 9.59 Å². The van der Waals surface area contributed by atoms with Gasteiger partial charge in [-0.3, -0.25) is 9.59 Å². The summed E-state index contributed by atoms with van der Waals surface area (Å²) in [5.74, 6) is 0.122. The van der Waals surface area contributed by atoms with E-state index in [-0.39, 0.29) is 11.8 Å². The summed E-state index contributed by atoms with van der Waals surface area (Å²) in [5, 5.41) is 9.10. The van der Waals surface area contributed by atoms with Gasteiger partial charge in [0.1, 0.15) is 11.8 Å². The first-order valence-electron chi connectivity index (χ1n) is 10.2. The molecule has 1 aliphatic rings. The SMILES string of the molecule is COc1cccc(NC(=O)[C@H](NC(=O)[C@@H]2Cc3ccccc3CN2)c2ccccc2)c1. The second-order valence-corrected chi connectivity index (χ2v) is 7.48. The van der Waals surface area contributed by atoms with E-state index in [1.807, 2.05) is 48.5 Å². The summed E-state index contributed by atoms with van der Waals surface area (Å²) >= 11 is 0. The summed E-state index contributed by atoms with van der Waals surface area (Å²) in [5.41, 5.74) is 3.66. The van der Waals surface area contributed by atoms with Crippen LogP contribution in [0.15, 0.2) is 78.9 Å². The number of anilines is 1. The molecule has 2 atom stereocenters. The lowest BCUT2D eigenvalue weighted by molar-refractivity contribution is -0.128. The number of benzene rings is 3. The number of amides is 2. The molecule has 1 heterocycles. The Morgan fingerprint density at radius 3 is 2.48 bits per heavy atom. The summed E-state index contributed by atoms with van der Waals surface area (Å²) < 4.78 is 5.22. The molecule has 0 unspecified atom stereocenters. The van der Waals surface area contributed by atoms with E-state index < -0.39 is 12.1 Å². The fraction of sp³-hybridized carbons (Fsp3) is 0.200. The third-order valence-corrected chi connectivity index (χ3v) is 5.42. The van der Waals surface area contributed by atoms with Crippen molar-refractivity contribution < 1.29 is 14.3 Å². The molecule has 3 N–H and O–H groups in total. The van der Waals surface area contributed by atoms with Crippen LogP contribution in [0.4, 0.5) is 5.69 Å². The lowest BCUT2D eigenvalue weighted by Crippen LogP contribution is -2.50. The van der Waals surface area contributed by atoms with E-state index in [4.69, 9.17) is 4.74 Å². The lowest BCUT2D eigenvalue weighted by Gasteiger charge is -2.27. The highest BCUT2D eigenvalue weighted by Crippen LogP contribution is 2.21. The van der Waals surface area contributed by atoms with E-state index in [1.165, 1.54) is 5.56 Å². The second-order valence-electron chi connectivity index (χ2n) is 7.48. The summed E-state index contributed by atoms with van der Waals surface area (Å²) in [6.07, 6.45) is 0.584. The van der Waals surface area contributed by atoms with E-state index in [0.29, 0.717) is 30.0 Å². The van der Waals surface area contributed by atoms with Crippen LogP contribution in [0.25, 0.3) is 0 Å². The maximum atomic E-state index is 13.1. The molecular formula is C25H25N3O3. The van der Waals surface area contributed by atoms with Crippen LogP contribution in [0.2, 0.25) is 0 Å². The topological polar surface area (TPSA) is 79.5 Å². The molecule has 3 aromatic carbocycles. The van der Waals surface area contributed by atoms with Gasteiger partial charge < -0.3 is 20.7 Å². The smallest absolute Gasteiger partial charge is 0.251 e. The van der Waals surface area contributed by atoms with Crippen LogP contribution in [-0.2, 0) is 22.6 Å². The minimum atomic E-state index is -0.820. The van der Waals surface area contributed by atoms with Gasteiger partial charge in [0.25, 0.3) is 5.91 Å². The van der Waals surface area contributed by atoms with Gasteiger partial charge in [-0.25, -0.2) is 0 Å². The fourth-order valence-electron chi connectivity index (χ4n) is 3.74. The molecule has 0 fully saturated rings. The largest absolute Gasteiger partial charge is 0.497 e. The molecule has 0 saturated carbocycles. The number of hydrogen-bond acceptors (Lipinski definition) is 4. The molecule has 2 amide bonds. The van der Waals surface area contributed by atoms with Crippen molar-refractivity contribution in [3.05, 3.63) is 95.6 Å². The third-order valence-electron chi connectivity index (χ3n) is 5.42. The van der Waals surface area contributed by atoms with Gasteiger partial charge >= 0.3 is 0 Å². The van der Waals surface area contributed by atoms with Gasteiger partial charge in [0, 0.05) is 18.3 Å².